The van der Waals surface area contributed by atoms with Gasteiger partial charge in [0.15, 0.2) is 0 Å². The van der Waals surface area contributed by atoms with Gasteiger partial charge in [0, 0.05) is 10.6 Å². The molecular formula is C16H15ClO2. The van der Waals surface area contributed by atoms with Gasteiger partial charge >= 0.3 is 0 Å². The van der Waals surface area contributed by atoms with E-state index in [2.05, 4.69) is 6.07 Å². The van der Waals surface area contributed by atoms with Crippen LogP contribution in [0.5, 0.6) is 5.75 Å². The second kappa shape index (κ2) is 6.95. The van der Waals surface area contributed by atoms with Crippen molar-refractivity contribution in [3.05, 3.63) is 64.7 Å². The summed E-state index contributed by atoms with van der Waals surface area (Å²) in [6.45, 7) is 0.620. The largest absolute Gasteiger partial charge is 0.494 e. The van der Waals surface area contributed by atoms with Gasteiger partial charge in [-0.2, -0.15) is 0 Å². The van der Waals surface area contributed by atoms with E-state index in [9.17, 15) is 4.79 Å². The molecule has 0 aromatic heterocycles. The summed E-state index contributed by atoms with van der Waals surface area (Å²) in [6.07, 6.45) is 2.65. The zero-order valence-corrected chi connectivity index (χ0v) is 11.3. The molecule has 0 amide bonds. The predicted molar refractivity (Wildman–Crippen MR) is 77.1 cm³/mol. The first kappa shape index (κ1) is 13.6. The quantitative estimate of drug-likeness (QED) is 0.584. The highest BCUT2D eigenvalue weighted by Gasteiger charge is 1.98. The lowest BCUT2D eigenvalue weighted by molar-refractivity contribution is 0.112. The third-order valence-electron chi connectivity index (χ3n) is 2.76. The van der Waals surface area contributed by atoms with E-state index < -0.39 is 0 Å². The number of benzene rings is 2. The fraction of sp³-hybridized carbons (Fsp3) is 0.188. The number of rotatable bonds is 6. The van der Waals surface area contributed by atoms with Gasteiger partial charge in [-0.15, -0.1) is 0 Å². The smallest absolute Gasteiger partial charge is 0.150 e. The highest BCUT2D eigenvalue weighted by atomic mass is 35.5. The molecule has 0 N–H and O–H groups in total. The maximum absolute atomic E-state index is 10.6. The summed E-state index contributed by atoms with van der Waals surface area (Å²) in [7, 11) is 0. The molecule has 0 aliphatic carbocycles. The molecule has 0 saturated heterocycles. The lowest BCUT2D eigenvalue weighted by Crippen LogP contribution is -1.99. The fourth-order valence-electron chi connectivity index (χ4n) is 1.84. The maximum atomic E-state index is 10.6. The number of carbonyl (C=O) groups is 1. The Morgan fingerprint density at radius 1 is 1.11 bits per heavy atom. The summed E-state index contributed by atoms with van der Waals surface area (Å²) in [5, 5.41) is 0.761. The van der Waals surface area contributed by atoms with Crippen LogP contribution in [0.1, 0.15) is 22.3 Å². The summed E-state index contributed by atoms with van der Waals surface area (Å²) >= 11 is 5.92. The number of carbonyl (C=O) groups excluding carboxylic acids is 1. The summed E-state index contributed by atoms with van der Waals surface area (Å²) in [5.41, 5.74) is 1.84. The van der Waals surface area contributed by atoms with Crippen LogP contribution >= 0.6 is 11.6 Å². The highest BCUT2D eigenvalue weighted by Crippen LogP contribution is 2.14. The second-order valence-electron chi connectivity index (χ2n) is 4.27. The van der Waals surface area contributed by atoms with Gasteiger partial charge in [0.05, 0.1) is 6.61 Å². The van der Waals surface area contributed by atoms with Crippen molar-refractivity contribution in [2.45, 2.75) is 12.8 Å². The van der Waals surface area contributed by atoms with Crippen LogP contribution in [0.3, 0.4) is 0 Å². The number of hydrogen-bond donors (Lipinski definition) is 0. The Balaban J connectivity index is 1.79. The minimum atomic E-state index is 0.620. The molecule has 0 radical (unpaired) electrons. The molecule has 0 aliphatic rings. The molecule has 0 heterocycles. The number of aldehydes is 1. The van der Waals surface area contributed by atoms with E-state index in [-0.39, 0.29) is 0 Å². The van der Waals surface area contributed by atoms with Gasteiger partial charge in [-0.25, -0.2) is 0 Å². The van der Waals surface area contributed by atoms with Gasteiger partial charge in [0.2, 0.25) is 0 Å². The molecule has 0 unspecified atom stereocenters. The first-order chi connectivity index (χ1) is 9.28. The monoisotopic (exact) mass is 274 g/mol. The third kappa shape index (κ3) is 4.42. The first-order valence-electron chi connectivity index (χ1n) is 6.20. The normalized spacial score (nSPS) is 10.2. The summed E-state index contributed by atoms with van der Waals surface area (Å²) in [4.78, 5) is 10.6. The minimum Gasteiger partial charge on any atom is -0.494 e. The average Bonchev–Trinajstić information content (AvgIpc) is 2.44. The molecule has 2 aromatic rings. The minimum absolute atomic E-state index is 0.620. The number of halogens is 1. The molecule has 2 nitrogen and oxygen atoms in total. The van der Waals surface area contributed by atoms with Gasteiger partial charge in [-0.1, -0.05) is 35.9 Å². The van der Waals surface area contributed by atoms with E-state index in [1.807, 2.05) is 30.3 Å². The van der Waals surface area contributed by atoms with E-state index in [0.717, 1.165) is 29.9 Å². The van der Waals surface area contributed by atoms with Crippen LogP contribution in [0.15, 0.2) is 48.5 Å². The van der Waals surface area contributed by atoms with Crippen molar-refractivity contribution in [1.82, 2.24) is 0 Å². The Kier molecular flexibility index (Phi) is 4.99. The Morgan fingerprint density at radius 3 is 2.74 bits per heavy atom. The Morgan fingerprint density at radius 2 is 1.95 bits per heavy atom. The standard InChI is InChI=1S/C16H15ClO2/c17-15-7-1-4-13(10-15)6-3-9-19-16-8-2-5-14(11-16)12-18/h1-2,4-5,7-8,10-12H,3,6,9H2. The molecule has 0 spiro atoms. The van der Waals surface area contributed by atoms with E-state index >= 15 is 0 Å². The Hall–Kier alpha value is -1.80. The number of aryl methyl sites for hydroxylation is 1. The molecule has 0 saturated carbocycles. The Labute approximate surface area is 118 Å². The van der Waals surface area contributed by atoms with Crippen molar-refractivity contribution in [1.29, 1.82) is 0 Å². The van der Waals surface area contributed by atoms with Crippen LogP contribution in [0, 0.1) is 0 Å². The van der Waals surface area contributed by atoms with Crippen molar-refractivity contribution in [2.75, 3.05) is 6.61 Å². The summed E-state index contributed by atoms with van der Waals surface area (Å²) in [6, 6.07) is 15.0. The summed E-state index contributed by atoms with van der Waals surface area (Å²) < 4.78 is 5.61. The molecule has 98 valence electrons. The van der Waals surface area contributed by atoms with Crippen LogP contribution in [0.2, 0.25) is 5.02 Å². The Bertz CT molecular complexity index is 552. The van der Waals surface area contributed by atoms with Crippen molar-refractivity contribution >= 4 is 17.9 Å². The lowest BCUT2D eigenvalue weighted by atomic mass is 10.1. The average molecular weight is 275 g/mol. The highest BCUT2D eigenvalue weighted by molar-refractivity contribution is 6.30. The van der Waals surface area contributed by atoms with E-state index in [1.54, 1.807) is 12.1 Å². The van der Waals surface area contributed by atoms with E-state index in [0.29, 0.717) is 12.2 Å². The lowest BCUT2D eigenvalue weighted by Gasteiger charge is -2.06. The van der Waals surface area contributed by atoms with Crippen LogP contribution in [0.25, 0.3) is 0 Å². The van der Waals surface area contributed by atoms with Gasteiger partial charge in [0.25, 0.3) is 0 Å². The van der Waals surface area contributed by atoms with Crippen LogP contribution < -0.4 is 4.74 Å². The van der Waals surface area contributed by atoms with Crippen molar-refractivity contribution < 1.29 is 9.53 Å². The van der Waals surface area contributed by atoms with E-state index in [4.69, 9.17) is 16.3 Å². The number of hydrogen-bond acceptors (Lipinski definition) is 2. The molecule has 3 heteroatoms. The molecule has 0 atom stereocenters. The molecule has 19 heavy (non-hydrogen) atoms. The number of ether oxygens (including phenoxy) is 1. The van der Waals surface area contributed by atoms with E-state index in [1.165, 1.54) is 5.56 Å². The molecule has 0 bridgehead atoms. The van der Waals surface area contributed by atoms with Crippen LogP contribution in [-0.2, 0) is 6.42 Å². The first-order valence-corrected chi connectivity index (χ1v) is 6.58. The third-order valence-corrected chi connectivity index (χ3v) is 3.00. The van der Waals surface area contributed by atoms with Crippen molar-refractivity contribution in [3.63, 3.8) is 0 Å². The van der Waals surface area contributed by atoms with Crippen molar-refractivity contribution in [3.8, 4) is 5.75 Å². The second-order valence-corrected chi connectivity index (χ2v) is 4.71. The van der Waals surface area contributed by atoms with Gasteiger partial charge in [0.1, 0.15) is 12.0 Å². The molecule has 0 fully saturated rings. The molecule has 2 aromatic carbocycles. The zero-order chi connectivity index (χ0) is 13.5. The molecular weight excluding hydrogens is 260 g/mol. The summed E-state index contributed by atoms with van der Waals surface area (Å²) in [5.74, 6) is 0.732. The van der Waals surface area contributed by atoms with Gasteiger partial charge < -0.3 is 4.74 Å². The van der Waals surface area contributed by atoms with Crippen LogP contribution in [0.4, 0.5) is 0 Å². The predicted octanol–water partition coefficient (Wildman–Crippen LogP) is 4.16. The van der Waals surface area contributed by atoms with Gasteiger partial charge in [-0.3, -0.25) is 4.79 Å². The van der Waals surface area contributed by atoms with Gasteiger partial charge in [-0.05, 0) is 42.7 Å². The SMILES string of the molecule is O=Cc1cccc(OCCCc2cccc(Cl)c2)c1. The van der Waals surface area contributed by atoms with Crippen molar-refractivity contribution in [2.24, 2.45) is 0 Å². The molecule has 2 rings (SSSR count). The fourth-order valence-corrected chi connectivity index (χ4v) is 2.05. The maximum Gasteiger partial charge on any atom is 0.150 e. The van der Waals surface area contributed by atoms with Crippen LogP contribution in [-0.4, -0.2) is 12.9 Å². The molecule has 0 aliphatic heterocycles. The zero-order valence-electron chi connectivity index (χ0n) is 10.5. The topological polar surface area (TPSA) is 26.3 Å².